The molecule has 3 aromatic rings. The summed E-state index contributed by atoms with van der Waals surface area (Å²) in [6, 6.07) is 14.8. The van der Waals surface area contributed by atoms with Gasteiger partial charge in [0.15, 0.2) is 11.5 Å². The molecule has 1 saturated heterocycles. The van der Waals surface area contributed by atoms with Crippen molar-refractivity contribution in [3.8, 4) is 11.5 Å². The third kappa shape index (κ3) is 5.30. The number of ether oxygens (including phenoxy) is 3. The van der Waals surface area contributed by atoms with Crippen LogP contribution in [0.4, 0.5) is 4.79 Å². The highest BCUT2D eigenvalue weighted by Gasteiger charge is 2.34. The van der Waals surface area contributed by atoms with Crippen LogP contribution in [0.3, 0.4) is 0 Å². The molecule has 0 atom stereocenters. The Morgan fingerprint density at radius 3 is 2.63 bits per heavy atom. The standard InChI is InChI=1S/C25H21ClN2O7/c1-32-22-12-15(7-9-20(22)34-14-16-5-3-4-6-18(16)26)11-19-23(29)28(25(31)27-19)13-17-8-10-21(35-17)24(30)33-2/h3-12H,13-14H2,1-2H3,(H,27,31)/b19-11+. The molecule has 0 unspecified atom stereocenters. The number of benzene rings is 2. The number of amides is 3. The van der Waals surface area contributed by atoms with Crippen LogP contribution in [0.25, 0.3) is 6.08 Å². The van der Waals surface area contributed by atoms with E-state index in [4.69, 9.17) is 25.5 Å². The quantitative estimate of drug-likeness (QED) is 0.280. The third-order valence-corrected chi connectivity index (χ3v) is 5.53. The molecule has 0 aliphatic carbocycles. The van der Waals surface area contributed by atoms with Gasteiger partial charge in [-0.2, -0.15) is 0 Å². The van der Waals surface area contributed by atoms with Gasteiger partial charge in [0, 0.05) is 10.6 Å². The van der Waals surface area contributed by atoms with E-state index < -0.39 is 17.9 Å². The number of carbonyl (C=O) groups excluding carboxylic acids is 3. The van der Waals surface area contributed by atoms with Crippen LogP contribution in [0.15, 0.2) is 64.7 Å². The van der Waals surface area contributed by atoms with Gasteiger partial charge >= 0.3 is 12.0 Å². The van der Waals surface area contributed by atoms with Gasteiger partial charge in [0.2, 0.25) is 5.76 Å². The number of urea groups is 1. The van der Waals surface area contributed by atoms with Gasteiger partial charge in [-0.1, -0.05) is 35.9 Å². The normalized spacial score (nSPS) is 14.3. The number of hydrogen-bond donors (Lipinski definition) is 1. The first kappa shape index (κ1) is 23.9. The SMILES string of the molecule is COC(=O)c1ccc(CN2C(=O)N/C(=C/c3ccc(OCc4ccccc4Cl)c(OC)c3)C2=O)o1. The summed E-state index contributed by atoms with van der Waals surface area (Å²) in [5.41, 5.74) is 1.53. The zero-order chi connectivity index (χ0) is 24.9. The molecule has 35 heavy (non-hydrogen) atoms. The average molecular weight is 497 g/mol. The van der Waals surface area contributed by atoms with Gasteiger partial charge in [0.05, 0.1) is 20.8 Å². The highest BCUT2D eigenvalue weighted by molar-refractivity contribution is 6.31. The van der Waals surface area contributed by atoms with Crippen LogP contribution in [0.5, 0.6) is 11.5 Å². The number of imide groups is 1. The van der Waals surface area contributed by atoms with Gasteiger partial charge in [-0.25, -0.2) is 9.59 Å². The number of hydrogen-bond acceptors (Lipinski definition) is 7. The first-order valence-corrected chi connectivity index (χ1v) is 10.8. The van der Waals surface area contributed by atoms with Crippen LogP contribution < -0.4 is 14.8 Å². The molecule has 1 fully saturated rings. The highest BCUT2D eigenvalue weighted by atomic mass is 35.5. The van der Waals surface area contributed by atoms with Gasteiger partial charge in [-0.05, 0) is 42.0 Å². The lowest BCUT2D eigenvalue weighted by Crippen LogP contribution is -2.30. The minimum absolute atomic E-state index is 0.0192. The van der Waals surface area contributed by atoms with E-state index in [-0.39, 0.29) is 30.4 Å². The summed E-state index contributed by atoms with van der Waals surface area (Å²) in [7, 11) is 2.73. The molecule has 1 N–H and O–H groups in total. The van der Waals surface area contributed by atoms with Crippen LogP contribution in [0, 0.1) is 0 Å². The topological polar surface area (TPSA) is 107 Å². The fourth-order valence-electron chi connectivity index (χ4n) is 3.38. The Hall–Kier alpha value is -4.24. The minimum atomic E-state index is -0.651. The average Bonchev–Trinajstić information content (AvgIpc) is 3.44. The van der Waals surface area contributed by atoms with E-state index in [0.717, 1.165) is 10.5 Å². The number of furan rings is 1. The summed E-state index contributed by atoms with van der Waals surface area (Å²) < 4.78 is 21.2. The van der Waals surface area contributed by atoms with E-state index >= 15 is 0 Å². The molecule has 3 amide bonds. The molecule has 1 aliphatic heterocycles. The molecule has 1 aromatic heterocycles. The van der Waals surface area contributed by atoms with Crippen molar-refractivity contribution in [2.75, 3.05) is 14.2 Å². The third-order valence-electron chi connectivity index (χ3n) is 5.16. The van der Waals surface area contributed by atoms with Crippen LogP contribution in [-0.4, -0.2) is 37.0 Å². The summed E-state index contributed by atoms with van der Waals surface area (Å²) in [5.74, 6) is 0.000530. The maximum absolute atomic E-state index is 12.8. The van der Waals surface area contributed by atoms with Crippen molar-refractivity contribution in [3.63, 3.8) is 0 Å². The number of nitrogens with zero attached hydrogens (tertiary/aromatic N) is 1. The maximum atomic E-state index is 12.8. The van der Waals surface area contributed by atoms with Gasteiger partial charge in [0.1, 0.15) is 18.1 Å². The number of carbonyl (C=O) groups is 3. The molecule has 10 heteroatoms. The smallest absolute Gasteiger partial charge is 0.373 e. The number of esters is 1. The summed E-state index contributed by atoms with van der Waals surface area (Å²) in [4.78, 5) is 37.7. The van der Waals surface area contributed by atoms with Crippen molar-refractivity contribution in [2.45, 2.75) is 13.2 Å². The monoisotopic (exact) mass is 496 g/mol. The summed E-state index contributed by atoms with van der Waals surface area (Å²) >= 11 is 6.18. The Bertz CT molecular complexity index is 1310. The first-order chi connectivity index (χ1) is 16.9. The number of halogens is 1. The molecular formula is C25H21ClN2O7. The zero-order valence-corrected chi connectivity index (χ0v) is 19.6. The fourth-order valence-corrected chi connectivity index (χ4v) is 3.57. The van der Waals surface area contributed by atoms with Crippen molar-refractivity contribution < 1.29 is 33.0 Å². The second-order valence-corrected chi connectivity index (χ2v) is 7.83. The molecule has 2 aromatic carbocycles. The second kappa shape index (κ2) is 10.4. The largest absolute Gasteiger partial charge is 0.493 e. The number of methoxy groups -OCH3 is 2. The van der Waals surface area contributed by atoms with Crippen molar-refractivity contribution in [2.24, 2.45) is 0 Å². The summed E-state index contributed by atoms with van der Waals surface area (Å²) in [6.45, 7) is 0.113. The minimum Gasteiger partial charge on any atom is -0.493 e. The fraction of sp³-hybridized carbons (Fsp3) is 0.160. The molecule has 9 nitrogen and oxygen atoms in total. The Balaban J connectivity index is 1.47. The Morgan fingerprint density at radius 2 is 1.89 bits per heavy atom. The molecule has 4 rings (SSSR count). The Kier molecular flexibility index (Phi) is 7.07. The molecule has 0 radical (unpaired) electrons. The molecule has 180 valence electrons. The second-order valence-electron chi connectivity index (χ2n) is 7.43. The number of nitrogens with one attached hydrogen (secondary N) is 1. The molecule has 0 saturated carbocycles. The Labute approximate surface area is 205 Å². The predicted molar refractivity (Wildman–Crippen MR) is 126 cm³/mol. The lowest BCUT2D eigenvalue weighted by molar-refractivity contribution is -0.123. The van der Waals surface area contributed by atoms with Crippen molar-refractivity contribution in [1.82, 2.24) is 10.2 Å². The Morgan fingerprint density at radius 1 is 1.09 bits per heavy atom. The molecule has 0 spiro atoms. The van der Waals surface area contributed by atoms with E-state index in [1.54, 1.807) is 24.3 Å². The van der Waals surface area contributed by atoms with Crippen LogP contribution >= 0.6 is 11.6 Å². The summed E-state index contributed by atoms with van der Waals surface area (Å²) in [6.07, 6.45) is 1.53. The molecule has 0 bridgehead atoms. The molecule has 1 aliphatic rings. The molecule has 2 heterocycles. The number of rotatable bonds is 8. The molecular weight excluding hydrogens is 476 g/mol. The maximum Gasteiger partial charge on any atom is 0.373 e. The summed E-state index contributed by atoms with van der Waals surface area (Å²) in [5, 5.41) is 3.15. The van der Waals surface area contributed by atoms with Crippen LogP contribution in [0.2, 0.25) is 5.02 Å². The van der Waals surface area contributed by atoms with Gasteiger partial charge < -0.3 is 23.9 Å². The van der Waals surface area contributed by atoms with Gasteiger partial charge in [-0.3, -0.25) is 9.69 Å². The van der Waals surface area contributed by atoms with E-state index in [1.165, 1.54) is 32.4 Å². The van der Waals surface area contributed by atoms with E-state index in [9.17, 15) is 14.4 Å². The lowest BCUT2D eigenvalue weighted by atomic mass is 10.1. The highest BCUT2D eigenvalue weighted by Crippen LogP contribution is 2.31. The van der Waals surface area contributed by atoms with Crippen LogP contribution in [-0.2, 0) is 22.7 Å². The van der Waals surface area contributed by atoms with Gasteiger partial charge in [-0.15, -0.1) is 0 Å². The zero-order valence-electron chi connectivity index (χ0n) is 18.9. The van der Waals surface area contributed by atoms with E-state index in [1.807, 2.05) is 18.2 Å². The van der Waals surface area contributed by atoms with Crippen molar-refractivity contribution >= 4 is 35.6 Å². The lowest BCUT2D eigenvalue weighted by Gasteiger charge is -2.12. The van der Waals surface area contributed by atoms with E-state index in [0.29, 0.717) is 22.1 Å². The van der Waals surface area contributed by atoms with E-state index in [2.05, 4.69) is 10.1 Å². The predicted octanol–water partition coefficient (Wildman–Crippen LogP) is 4.40. The van der Waals surface area contributed by atoms with Crippen molar-refractivity contribution in [3.05, 3.63) is 88.0 Å². The van der Waals surface area contributed by atoms with Gasteiger partial charge in [0.25, 0.3) is 5.91 Å². The first-order valence-electron chi connectivity index (χ1n) is 10.5. The van der Waals surface area contributed by atoms with Crippen LogP contribution in [0.1, 0.15) is 27.4 Å². The van der Waals surface area contributed by atoms with Crippen molar-refractivity contribution in [1.29, 1.82) is 0 Å².